The molecule has 9 rings (SSSR count). The van der Waals surface area contributed by atoms with E-state index in [1.165, 1.54) is 33.4 Å². The zero-order chi connectivity index (χ0) is 24.5. The van der Waals surface area contributed by atoms with Gasteiger partial charge in [-0.3, -0.25) is 14.4 Å². The van der Waals surface area contributed by atoms with Crippen LogP contribution in [0.3, 0.4) is 0 Å². The summed E-state index contributed by atoms with van der Waals surface area (Å²) in [6.45, 7) is 8.39. The molecule has 7 heteroatoms. The van der Waals surface area contributed by atoms with Gasteiger partial charge in [0.1, 0.15) is 24.8 Å². The molecule has 3 aromatic rings. The Labute approximate surface area is 217 Å². The fraction of sp³-hybridized carbons (Fsp3) is 0.467. The Morgan fingerprint density at radius 3 is 2.89 bits per heavy atom. The summed E-state index contributed by atoms with van der Waals surface area (Å²) in [7, 11) is 0. The van der Waals surface area contributed by atoms with E-state index in [2.05, 4.69) is 63.0 Å². The molecule has 7 atom stereocenters. The minimum absolute atomic E-state index is 0.389. The minimum atomic E-state index is 0.389. The lowest BCUT2D eigenvalue weighted by Gasteiger charge is -2.44. The van der Waals surface area contributed by atoms with Crippen LogP contribution in [0.5, 0.6) is 0 Å². The highest BCUT2D eigenvalue weighted by molar-refractivity contribution is 5.95. The number of aromatic nitrogens is 1. The van der Waals surface area contributed by atoms with Gasteiger partial charge in [-0.05, 0) is 54.4 Å². The second-order valence-corrected chi connectivity index (χ2v) is 12.1. The van der Waals surface area contributed by atoms with Crippen molar-refractivity contribution in [1.82, 2.24) is 9.88 Å². The lowest BCUT2D eigenvalue weighted by molar-refractivity contribution is -0.910. The monoisotopic (exact) mass is 491 g/mol. The van der Waals surface area contributed by atoms with Crippen LogP contribution >= 0.6 is 0 Å². The summed E-state index contributed by atoms with van der Waals surface area (Å²) in [5.41, 5.74) is 7.05. The van der Waals surface area contributed by atoms with Crippen LogP contribution in [0.15, 0.2) is 48.7 Å². The summed E-state index contributed by atoms with van der Waals surface area (Å²) in [6.07, 6.45) is 3.84. The van der Waals surface area contributed by atoms with Crippen LogP contribution in [0, 0.1) is 11.3 Å². The van der Waals surface area contributed by atoms with E-state index in [9.17, 15) is 5.26 Å². The van der Waals surface area contributed by atoms with Gasteiger partial charge in [0.25, 0.3) is 0 Å². The van der Waals surface area contributed by atoms with Crippen molar-refractivity contribution in [3.05, 3.63) is 65.4 Å². The third-order valence-electron chi connectivity index (χ3n) is 10.6. The highest BCUT2D eigenvalue weighted by Gasteiger charge is 2.87. The Morgan fingerprint density at radius 1 is 1.08 bits per heavy atom. The van der Waals surface area contributed by atoms with Gasteiger partial charge in [-0.1, -0.05) is 6.07 Å². The van der Waals surface area contributed by atoms with Gasteiger partial charge in [0, 0.05) is 48.6 Å². The van der Waals surface area contributed by atoms with Crippen LogP contribution in [0.1, 0.15) is 36.1 Å². The van der Waals surface area contributed by atoms with Crippen molar-refractivity contribution in [2.45, 2.75) is 56.3 Å². The molecule has 37 heavy (non-hydrogen) atoms. The second-order valence-electron chi connectivity index (χ2n) is 12.1. The van der Waals surface area contributed by atoms with E-state index in [0.29, 0.717) is 29.9 Å². The molecule has 0 radical (unpaired) electrons. The molecular formula is C30H31N6O+. The summed E-state index contributed by atoms with van der Waals surface area (Å²) in [5.74, 6) is 0. The van der Waals surface area contributed by atoms with E-state index >= 15 is 0 Å². The van der Waals surface area contributed by atoms with Crippen molar-refractivity contribution >= 4 is 22.3 Å². The molecule has 1 aromatic heterocycles. The highest BCUT2D eigenvalue weighted by atomic mass is 16.5. The number of nitriles is 1. The van der Waals surface area contributed by atoms with Gasteiger partial charge in [0.2, 0.25) is 6.17 Å². The van der Waals surface area contributed by atoms with Crippen LogP contribution in [-0.4, -0.2) is 77.5 Å². The lowest BCUT2D eigenvalue weighted by Crippen LogP contribution is -2.62. The molecule has 0 amide bonds. The van der Waals surface area contributed by atoms with Gasteiger partial charge in [0.15, 0.2) is 6.04 Å². The normalized spacial score (nSPS) is 36.9. The number of pyridine rings is 1. The average molecular weight is 492 g/mol. The van der Waals surface area contributed by atoms with Crippen LogP contribution in [-0.2, 0) is 11.3 Å². The molecule has 1 spiro atoms. The predicted octanol–water partition coefficient (Wildman–Crippen LogP) is 3.39. The van der Waals surface area contributed by atoms with Crippen molar-refractivity contribution in [2.24, 2.45) is 0 Å². The number of benzene rings is 2. The van der Waals surface area contributed by atoms with Crippen molar-refractivity contribution in [3.63, 3.8) is 0 Å². The number of fused-ring (bicyclic) bond motifs is 5. The maximum Gasteiger partial charge on any atom is 0.219 e. The first-order valence-corrected chi connectivity index (χ1v) is 13.8. The Bertz CT molecular complexity index is 1520. The number of anilines is 2. The fourth-order valence-electron chi connectivity index (χ4n) is 9.04. The summed E-state index contributed by atoms with van der Waals surface area (Å²) in [5, 5.41) is 10.7. The van der Waals surface area contributed by atoms with Crippen molar-refractivity contribution in [3.8, 4) is 6.07 Å². The SMILES string of the molecule is C[C@@H]1CN(c2ccc(C#N)c3ncccc23)C[C@@H]2c3ccc(N4CC5COCC6CC7C4[N+]657)cc3CN12. The molecule has 5 saturated heterocycles. The van der Waals surface area contributed by atoms with Crippen LogP contribution < -0.4 is 9.80 Å². The standard InChI is InChI=1S/C30H31N6O/c1-18-12-33(26-7-4-19(11-31)29-25(26)3-2-8-32-29)15-27-24-6-5-21(9-20(24)13-34(18)27)35-14-23-17-37-16-22-10-28-30(35)36(22,23)28/h2-9,18,22-23,27-28,30H,10,12-17H2,1H3/q+1/t18-,22?,23?,27-,28?,30?,36?/m1/s1. The molecule has 6 aliphatic rings. The molecule has 2 aromatic carbocycles. The fourth-order valence-corrected chi connectivity index (χ4v) is 9.04. The number of hydrogen-bond acceptors (Lipinski definition) is 6. The van der Waals surface area contributed by atoms with Gasteiger partial charge in [-0.15, -0.1) is 0 Å². The Kier molecular flexibility index (Phi) is 3.95. The predicted molar refractivity (Wildman–Crippen MR) is 141 cm³/mol. The van der Waals surface area contributed by atoms with E-state index in [1.807, 2.05) is 12.1 Å². The Morgan fingerprint density at radius 2 is 2.00 bits per heavy atom. The molecule has 5 unspecified atom stereocenters. The lowest BCUT2D eigenvalue weighted by atomic mass is 9.96. The molecule has 0 saturated carbocycles. The highest BCUT2D eigenvalue weighted by Crippen LogP contribution is 2.64. The molecule has 0 N–H and O–H groups in total. The average Bonchev–Trinajstić information content (AvgIpc) is 3.22. The zero-order valence-corrected chi connectivity index (χ0v) is 21.1. The number of ether oxygens (including phenoxy) is 1. The minimum Gasteiger partial charge on any atom is -0.369 e. The smallest absolute Gasteiger partial charge is 0.219 e. The summed E-state index contributed by atoms with van der Waals surface area (Å²) < 4.78 is 7.32. The van der Waals surface area contributed by atoms with Gasteiger partial charge >= 0.3 is 0 Å². The number of nitrogens with zero attached hydrogens (tertiary/aromatic N) is 6. The van der Waals surface area contributed by atoms with Gasteiger partial charge in [-0.25, -0.2) is 0 Å². The maximum atomic E-state index is 9.59. The topological polar surface area (TPSA) is 55.6 Å². The molecule has 0 bridgehead atoms. The first-order valence-electron chi connectivity index (χ1n) is 13.8. The second kappa shape index (κ2) is 7.02. The number of quaternary nitrogens is 1. The number of morpholine rings is 1. The van der Waals surface area contributed by atoms with E-state index in [-0.39, 0.29) is 0 Å². The van der Waals surface area contributed by atoms with Crippen LogP contribution in [0.2, 0.25) is 0 Å². The van der Waals surface area contributed by atoms with Gasteiger partial charge in [0.05, 0.1) is 36.7 Å². The van der Waals surface area contributed by atoms with Gasteiger partial charge in [-0.2, -0.15) is 5.26 Å². The third kappa shape index (κ3) is 2.49. The van der Waals surface area contributed by atoms with E-state index < -0.39 is 0 Å². The largest absolute Gasteiger partial charge is 0.369 e. The Hall–Kier alpha value is -3.18. The summed E-state index contributed by atoms with van der Waals surface area (Å²) >= 11 is 0. The van der Waals surface area contributed by atoms with Crippen molar-refractivity contribution in [1.29, 1.82) is 5.26 Å². The van der Waals surface area contributed by atoms with E-state index in [1.54, 1.807) is 6.20 Å². The Balaban J connectivity index is 1.04. The molecule has 5 fully saturated rings. The first kappa shape index (κ1) is 20.8. The third-order valence-corrected chi connectivity index (χ3v) is 10.6. The quantitative estimate of drug-likeness (QED) is 0.405. The molecular weight excluding hydrogens is 460 g/mol. The first-order chi connectivity index (χ1) is 18.2. The van der Waals surface area contributed by atoms with Gasteiger partial charge < -0.3 is 14.5 Å². The number of piperazine rings is 2. The van der Waals surface area contributed by atoms with Crippen LogP contribution in [0.4, 0.5) is 11.4 Å². The number of hydrogen-bond donors (Lipinski definition) is 0. The molecule has 0 aliphatic carbocycles. The van der Waals surface area contributed by atoms with E-state index in [4.69, 9.17) is 4.74 Å². The summed E-state index contributed by atoms with van der Waals surface area (Å²) in [4.78, 5) is 12.5. The molecule has 7 heterocycles. The van der Waals surface area contributed by atoms with Crippen molar-refractivity contribution < 1.29 is 9.22 Å². The maximum absolute atomic E-state index is 9.59. The zero-order valence-electron chi connectivity index (χ0n) is 21.1. The molecule has 6 aliphatic heterocycles. The van der Waals surface area contributed by atoms with E-state index in [0.717, 1.165) is 62.4 Å². The van der Waals surface area contributed by atoms with Crippen LogP contribution in [0.25, 0.3) is 10.9 Å². The summed E-state index contributed by atoms with van der Waals surface area (Å²) in [6, 6.07) is 20.9. The van der Waals surface area contributed by atoms with Crippen molar-refractivity contribution in [2.75, 3.05) is 42.6 Å². The number of rotatable bonds is 2. The molecule has 7 nitrogen and oxygen atoms in total. The molecule has 186 valence electrons.